The van der Waals surface area contributed by atoms with Gasteiger partial charge < -0.3 is 23.9 Å². The number of aliphatic hydroxyl groups is 1. The Hall–Kier alpha value is -3.84. The molecule has 1 aliphatic rings. The van der Waals surface area contributed by atoms with Crippen LogP contribution in [-0.4, -0.2) is 42.0 Å². The molecule has 0 spiro atoms. The second-order valence-corrected chi connectivity index (χ2v) is 8.53. The number of aliphatic hydroxyl groups excluding tert-OH is 1. The molecule has 7 nitrogen and oxygen atoms in total. The summed E-state index contributed by atoms with van der Waals surface area (Å²) in [6, 6.07) is 17.5. The van der Waals surface area contributed by atoms with Gasteiger partial charge in [-0.05, 0) is 67.8 Å². The Kier molecular flexibility index (Phi) is 7.36. The monoisotopic (exact) mass is 475 g/mol. The molecule has 3 aromatic rings. The average molecular weight is 476 g/mol. The molecule has 0 saturated carbocycles. The van der Waals surface area contributed by atoms with Crippen LogP contribution in [0.2, 0.25) is 0 Å². The number of methoxy groups -OCH3 is 1. The predicted octanol–water partition coefficient (Wildman–Crippen LogP) is 4.93. The minimum absolute atomic E-state index is 0.00958. The van der Waals surface area contributed by atoms with Gasteiger partial charge in [0.1, 0.15) is 35.7 Å². The van der Waals surface area contributed by atoms with Crippen molar-refractivity contribution in [1.29, 1.82) is 0 Å². The van der Waals surface area contributed by atoms with E-state index in [9.17, 15) is 14.7 Å². The van der Waals surface area contributed by atoms with Crippen molar-refractivity contribution in [3.05, 3.63) is 94.4 Å². The fourth-order valence-corrected chi connectivity index (χ4v) is 4.18. The van der Waals surface area contributed by atoms with E-state index in [2.05, 4.69) is 0 Å². The van der Waals surface area contributed by atoms with E-state index in [1.807, 2.05) is 31.2 Å². The number of aryl methyl sites for hydroxylation is 2. The van der Waals surface area contributed by atoms with E-state index < -0.39 is 17.7 Å². The summed E-state index contributed by atoms with van der Waals surface area (Å²) in [4.78, 5) is 27.3. The third-order valence-electron chi connectivity index (χ3n) is 6.10. The van der Waals surface area contributed by atoms with Crippen molar-refractivity contribution in [2.45, 2.75) is 32.9 Å². The van der Waals surface area contributed by atoms with Crippen LogP contribution < -0.4 is 4.74 Å². The zero-order chi connectivity index (χ0) is 24.9. The van der Waals surface area contributed by atoms with E-state index in [0.717, 1.165) is 11.1 Å². The van der Waals surface area contributed by atoms with E-state index >= 15 is 0 Å². The molecule has 7 heteroatoms. The maximum absolute atomic E-state index is 13.0. The van der Waals surface area contributed by atoms with Crippen LogP contribution in [0.5, 0.6) is 5.75 Å². The summed E-state index contributed by atoms with van der Waals surface area (Å²) in [6.45, 7) is 4.97. The number of hydrogen-bond donors (Lipinski definition) is 1. The summed E-state index contributed by atoms with van der Waals surface area (Å²) in [6.07, 6.45) is 0.548. The van der Waals surface area contributed by atoms with Crippen molar-refractivity contribution in [2.75, 3.05) is 20.3 Å². The molecule has 1 N–H and O–H groups in total. The number of rotatable bonds is 9. The lowest BCUT2D eigenvalue weighted by atomic mass is 9.99. The standard InChI is InChI=1S/C28H29NO6/c1-18-7-4-5-8-21(18)17-34-22-12-10-20(11-13-22)26(30)24-25(23-14-9-19(2)35-23)29(15-6-16-33-3)28(32)27(24)31/h4-5,7-14,25,30H,6,15-17H2,1-3H3. The van der Waals surface area contributed by atoms with Gasteiger partial charge in [0, 0.05) is 25.8 Å². The van der Waals surface area contributed by atoms with E-state index in [0.29, 0.717) is 49.0 Å². The van der Waals surface area contributed by atoms with E-state index in [1.165, 1.54) is 4.90 Å². The number of carbonyl (C=O) groups excluding carboxylic acids is 2. The first-order valence-electron chi connectivity index (χ1n) is 11.5. The number of furan rings is 1. The Bertz CT molecular complexity index is 1240. The maximum Gasteiger partial charge on any atom is 0.295 e. The highest BCUT2D eigenvalue weighted by Gasteiger charge is 2.47. The molecule has 1 aliphatic heterocycles. The van der Waals surface area contributed by atoms with E-state index in [1.54, 1.807) is 50.4 Å². The number of ether oxygens (including phenoxy) is 2. The molecule has 0 bridgehead atoms. The van der Waals surface area contributed by atoms with Gasteiger partial charge in [-0.1, -0.05) is 24.3 Å². The Balaban J connectivity index is 1.61. The van der Waals surface area contributed by atoms with Crippen LogP contribution in [0.1, 0.15) is 40.7 Å². The number of Topliss-reactive ketones (excluding diaryl/α,β-unsaturated/α-hetero) is 1. The molecule has 182 valence electrons. The molecule has 0 aliphatic carbocycles. The Labute approximate surface area is 204 Å². The predicted molar refractivity (Wildman–Crippen MR) is 131 cm³/mol. The van der Waals surface area contributed by atoms with Crippen molar-refractivity contribution in [3.63, 3.8) is 0 Å². The quantitative estimate of drug-likeness (QED) is 0.204. The number of nitrogens with zero attached hydrogens (tertiary/aromatic N) is 1. The first-order chi connectivity index (χ1) is 16.9. The van der Waals surface area contributed by atoms with Crippen molar-refractivity contribution < 1.29 is 28.6 Å². The van der Waals surface area contributed by atoms with Crippen molar-refractivity contribution in [2.24, 2.45) is 0 Å². The molecule has 2 heterocycles. The fraction of sp³-hybridized carbons (Fsp3) is 0.286. The van der Waals surface area contributed by atoms with Crippen LogP contribution in [0.25, 0.3) is 5.76 Å². The van der Waals surface area contributed by atoms with Gasteiger partial charge in [-0.3, -0.25) is 9.59 Å². The number of ketones is 1. The second kappa shape index (κ2) is 10.6. The Morgan fingerprint density at radius 3 is 2.43 bits per heavy atom. The molecule has 1 aromatic heterocycles. The SMILES string of the molecule is COCCCN1C(=O)C(=O)C(=C(O)c2ccc(OCc3ccccc3C)cc2)C1c1ccc(C)o1. The summed E-state index contributed by atoms with van der Waals surface area (Å²) in [5, 5.41) is 11.1. The lowest BCUT2D eigenvalue weighted by molar-refractivity contribution is -0.140. The van der Waals surface area contributed by atoms with Gasteiger partial charge in [-0.25, -0.2) is 0 Å². The highest BCUT2D eigenvalue weighted by molar-refractivity contribution is 6.46. The number of likely N-dealkylation sites (tertiary alicyclic amines) is 1. The van der Waals surface area contributed by atoms with Gasteiger partial charge in [-0.15, -0.1) is 0 Å². The third-order valence-corrected chi connectivity index (χ3v) is 6.10. The number of amides is 1. The molecule has 2 aromatic carbocycles. The van der Waals surface area contributed by atoms with Crippen LogP contribution in [0.15, 0.2) is 70.7 Å². The normalized spacial score (nSPS) is 17.2. The summed E-state index contributed by atoms with van der Waals surface area (Å²) < 4.78 is 16.8. The van der Waals surface area contributed by atoms with Gasteiger partial charge in [0.25, 0.3) is 11.7 Å². The zero-order valence-electron chi connectivity index (χ0n) is 20.1. The maximum atomic E-state index is 13.0. The third kappa shape index (κ3) is 5.15. The van der Waals surface area contributed by atoms with Crippen LogP contribution >= 0.6 is 0 Å². The summed E-state index contributed by atoms with van der Waals surface area (Å²) in [5.74, 6) is 0.0559. The number of benzene rings is 2. The number of carbonyl (C=O) groups is 2. The molecule has 0 radical (unpaired) electrons. The lowest BCUT2D eigenvalue weighted by Crippen LogP contribution is -2.31. The fourth-order valence-electron chi connectivity index (χ4n) is 4.18. The lowest BCUT2D eigenvalue weighted by Gasteiger charge is -2.23. The minimum atomic E-state index is -0.808. The van der Waals surface area contributed by atoms with Gasteiger partial charge in [0.2, 0.25) is 0 Å². The van der Waals surface area contributed by atoms with Crippen LogP contribution in [-0.2, 0) is 20.9 Å². The average Bonchev–Trinajstić information content (AvgIpc) is 3.39. The molecule has 35 heavy (non-hydrogen) atoms. The molecular formula is C28H29NO6. The van der Waals surface area contributed by atoms with Gasteiger partial charge >= 0.3 is 0 Å². The van der Waals surface area contributed by atoms with Crippen molar-refractivity contribution in [3.8, 4) is 5.75 Å². The van der Waals surface area contributed by atoms with Gasteiger partial charge in [0.15, 0.2) is 0 Å². The zero-order valence-corrected chi connectivity index (χ0v) is 20.1. The highest BCUT2D eigenvalue weighted by atomic mass is 16.5. The van der Waals surface area contributed by atoms with Crippen LogP contribution in [0.4, 0.5) is 0 Å². The topological polar surface area (TPSA) is 89.2 Å². The summed E-state index contributed by atoms with van der Waals surface area (Å²) in [5.41, 5.74) is 2.65. The van der Waals surface area contributed by atoms with Crippen LogP contribution in [0.3, 0.4) is 0 Å². The first-order valence-corrected chi connectivity index (χ1v) is 11.5. The van der Waals surface area contributed by atoms with Gasteiger partial charge in [-0.2, -0.15) is 0 Å². The molecular weight excluding hydrogens is 446 g/mol. The van der Waals surface area contributed by atoms with Crippen molar-refractivity contribution in [1.82, 2.24) is 4.90 Å². The Morgan fingerprint density at radius 1 is 1.03 bits per heavy atom. The molecule has 1 unspecified atom stereocenters. The molecule has 1 atom stereocenters. The molecule has 1 amide bonds. The summed E-state index contributed by atoms with van der Waals surface area (Å²) in [7, 11) is 1.58. The molecule has 1 fully saturated rings. The van der Waals surface area contributed by atoms with E-state index in [-0.39, 0.29) is 11.3 Å². The second-order valence-electron chi connectivity index (χ2n) is 8.53. The van der Waals surface area contributed by atoms with Crippen LogP contribution in [0, 0.1) is 13.8 Å². The minimum Gasteiger partial charge on any atom is -0.507 e. The van der Waals surface area contributed by atoms with Crippen molar-refractivity contribution >= 4 is 17.4 Å². The van der Waals surface area contributed by atoms with Gasteiger partial charge in [0.05, 0.1) is 5.57 Å². The largest absolute Gasteiger partial charge is 0.507 e. The highest BCUT2D eigenvalue weighted by Crippen LogP contribution is 2.40. The molecule has 1 saturated heterocycles. The van der Waals surface area contributed by atoms with E-state index in [4.69, 9.17) is 13.9 Å². The number of hydrogen-bond acceptors (Lipinski definition) is 6. The first kappa shape index (κ1) is 24.3. The Morgan fingerprint density at radius 2 is 1.77 bits per heavy atom. The smallest absolute Gasteiger partial charge is 0.295 e. The summed E-state index contributed by atoms with van der Waals surface area (Å²) >= 11 is 0. The molecule has 4 rings (SSSR count).